The lowest BCUT2D eigenvalue weighted by molar-refractivity contribution is 0.0564. The third-order valence-electron chi connectivity index (χ3n) is 7.43. The van der Waals surface area contributed by atoms with Gasteiger partial charge in [-0.1, -0.05) is 21.4 Å². The Morgan fingerprint density at radius 3 is 2.32 bits per heavy atom. The number of fused-ring (bicyclic) bond motifs is 1. The molecule has 0 aliphatic carbocycles. The van der Waals surface area contributed by atoms with Crippen LogP contribution in [0.25, 0.3) is 5.57 Å². The van der Waals surface area contributed by atoms with Crippen molar-refractivity contribution in [2.24, 2.45) is 4.99 Å². The maximum atomic E-state index is 14.1. The third kappa shape index (κ3) is 7.21. The molecule has 248 valence electrons. The molecule has 0 N–H and O–H groups in total. The quantitative estimate of drug-likeness (QED) is 0.218. The maximum absolute atomic E-state index is 14.1. The highest BCUT2D eigenvalue weighted by atomic mass is 35.5. The Morgan fingerprint density at radius 2 is 1.77 bits per heavy atom. The molecule has 3 aromatic rings. The molecule has 0 spiro atoms. The Balaban J connectivity index is 1.71. The molecular weight excluding hydrogens is 701 g/mol. The number of aromatic nitrogens is 3. The van der Waals surface area contributed by atoms with Crippen molar-refractivity contribution in [3.8, 4) is 12.1 Å². The van der Waals surface area contributed by atoms with Gasteiger partial charge in [-0.25, -0.2) is 30.9 Å². The molecular formula is C28H26ClF3N8O4S3. The number of benzene rings is 1. The molecule has 5 rings (SSSR count). The fourth-order valence-corrected chi connectivity index (χ4v) is 10.9. The van der Waals surface area contributed by atoms with E-state index in [1.54, 1.807) is 10.3 Å². The van der Waals surface area contributed by atoms with Crippen LogP contribution in [-0.4, -0.2) is 70.1 Å². The predicted octanol–water partition coefficient (Wildman–Crippen LogP) is 5.08. The van der Waals surface area contributed by atoms with Gasteiger partial charge in [0.2, 0.25) is 20.0 Å². The summed E-state index contributed by atoms with van der Waals surface area (Å²) in [7, 11) is -9.05. The molecule has 2 aliphatic rings. The van der Waals surface area contributed by atoms with Gasteiger partial charge in [-0.2, -0.15) is 24.4 Å². The summed E-state index contributed by atoms with van der Waals surface area (Å²) in [4.78, 5) is 10.8. The van der Waals surface area contributed by atoms with Gasteiger partial charge in [-0.15, -0.1) is 11.3 Å². The summed E-state index contributed by atoms with van der Waals surface area (Å²) < 4.78 is 97.3. The van der Waals surface area contributed by atoms with Crippen molar-refractivity contribution in [2.45, 2.75) is 50.7 Å². The van der Waals surface area contributed by atoms with E-state index in [1.807, 2.05) is 12.1 Å². The summed E-state index contributed by atoms with van der Waals surface area (Å²) in [5, 5.41) is 24.1. The summed E-state index contributed by atoms with van der Waals surface area (Å²) >= 11 is 7.70. The summed E-state index contributed by atoms with van der Waals surface area (Å²) in [5.74, 6) is -1.64. The van der Waals surface area contributed by atoms with Crippen LogP contribution in [0.15, 0.2) is 52.7 Å². The monoisotopic (exact) mass is 726 g/mol. The van der Waals surface area contributed by atoms with Gasteiger partial charge < -0.3 is 4.90 Å². The molecule has 0 saturated carbocycles. The number of unbranched alkanes of at least 4 members (excludes halogenated alkanes) is 2. The molecule has 2 atom stereocenters. The molecule has 1 aromatic carbocycles. The van der Waals surface area contributed by atoms with Crippen molar-refractivity contribution in [1.29, 1.82) is 10.5 Å². The minimum atomic E-state index is -4.53. The zero-order chi connectivity index (χ0) is 33.9. The molecule has 19 heteroatoms. The zero-order valence-electron chi connectivity index (χ0n) is 24.4. The van der Waals surface area contributed by atoms with E-state index in [1.165, 1.54) is 29.7 Å². The predicted molar refractivity (Wildman–Crippen MR) is 167 cm³/mol. The van der Waals surface area contributed by atoms with E-state index < -0.39 is 56.0 Å². The minimum Gasteiger partial charge on any atom is -0.326 e. The summed E-state index contributed by atoms with van der Waals surface area (Å²) in [6, 6.07) is 6.36. The molecule has 12 nitrogen and oxygen atoms in total. The number of thiazole rings is 1. The molecule has 0 bridgehead atoms. The number of amidine groups is 1. The van der Waals surface area contributed by atoms with Crippen LogP contribution >= 0.6 is 22.9 Å². The highest BCUT2D eigenvalue weighted by molar-refractivity contribution is 8.04. The average molecular weight is 727 g/mol. The van der Waals surface area contributed by atoms with Crippen LogP contribution in [0.1, 0.15) is 61.0 Å². The van der Waals surface area contributed by atoms with E-state index in [4.69, 9.17) is 27.1 Å². The Bertz CT molecular complexity index is 1960. The highest BCUT2D eigenvalue weighted by Gasteiger charge is 2.48. The Kier molecular flexibility index (Phi) is 10.4. The van der Waals surface area contributed by atoms with E-state index in [-0.39, 0.29) is 60.8 Å². The van der Waals surface area contributed by atoms with Crippen LogP contribution in [0.3, 0.4) is 0 Å². The van der Waals surface area contributed by atoms with Gasteiger partial charge in [-0.05, 0) is 31.0 Å². The van der Waals surface area contributed by atoms with Crippen LogP contribution in [0.2, 0.25) is 5.02 Å². The zero-order valence-corrected chi connectivity index (χ0v) is 27.6. The molecule has 2 aliphatic heterocycles. The smallest absolute Gasteiger partial charge is 0.326 e. The van der Waals surface area contributed by atoms with Crippen molar-refractivity contribution < 1.29 is 30.0 Å². The van der Waals surface area contributed by atoms with Gasteiger partial charge in [0.25, 0.3) is 0 Å². The van der Waals surface area contributed by atoms with Crippen molar-refractivity contribution in [3.63, 3.8) is 0 Å². The topological polar surface area (TPSA) is 165 Å². The van der Waals surface area contributed by atoms with E-state index >= 15 is 0 Å². The van der Waals surface area contributed by atoms with Crippen LogP contribution in [0.5, 0.6) is 0 Å². The van der Waals surface area contributed by atoms with Crippen LogP contribution < -0.4 is 0 Å². The van der Waals surface area contributed by atoms with E-state index in [9.17, 15) is 30.0 Å². The van der Waals surface area contributed by atoms with Gasteiger partial charge in [0.05, 0.1) is 35.4 Å². The highest BCUT2D eigenvalue weighted by Crippen LogP contribution is 2.47. The molecule has 0 amide bonds. The Labute approximate surface area is 278 Å². The molecule has 1 saturated heterocycles. The lowest BCUT2D eigenvalue weighted by Crippen LogP contribution is -2.48. The van der Waals surface area contributed by atoms with Crippen LogP contribution in [0, 0.1) is 28.5 Å². The Morgan fingerprint density at radius 1 is 1.09 bits per heavy atom. The first-order chi connectivity index (χ1) is 22.4. The first-order valence-electron chi connectivity index (χ1n) is 14.1. The molecule has 0 unspecified atom stereocenters. The third-order valence-corrected chi connectivity index (χ3v) is 13.2. The van der Waals surface area contributed by atoms with Crippen molar-refractivity contribution in [3.05, 3.63) is 74.8 Å². The fraction of sp³-hybridized carbons (Fsp3) is 0.393. The normalized spacial score (nSPS) is 18.4. The van der Waals surface area contributed by atoms with Crippen LogP contribution in [0.4, 0.5) is 13.2 Å². The fourth-order valence-electron chi connectivity index (χ4n) is 5.55. The number of aliphatic imine (C=N–C) groups is 1. The minimum absolute atomic E-state index is 0.0200. The SMILES string of the molecule is N#CCCCS(=O)(=O)N([C@H]1CC2=C(c3ccn(C(F)F)n3)[C@H](c3ccc(F)cc3Cl)N=C(c3nccs3)N2C1)S(=O)(=O)CCCC#N. The molecule has 1 fully saturated rings. The number of alkyl halides is 2. The van der Waals surface area contributed by atoms with Crippen LogP contribution in [-0.2, 0) is 20.0 Å². The number of hydrogen-bond donors (Lipinski definition) is 0. The molecule has 4 heterocycles. The summed E-state index contributed by atoms with van der Waals surface area (Å²) in [6.45, 7) is -3.20. The molecule has 2 aromatic heterocycles. The van der Waals surface area contributed by atoms with E-state index in [0.29, 0.717) is 24.7 Å². The number of halogens is 4. The number of sulfonamides is 2. The first-order valence-corrected chi connectivity index (χ1v) is 18.6. The van der Waals surface area contributed by atoms with Crippen molar-refractivity contribution >= 4 is 54.4 Å². The number of nitrogens with zero attached hydrogens (tertiary/aromatic N) is 8. The second kappa shape index (κ2) is 14.1. The second-order valence-electron chi connectivity index (χ2n) is 10.5. The number of rotatable bonds is 13. The van der Waals surface area contributed by atoms with E-state index in [2.05, 4.69) is 10.1 Å². The second-order valence-corrected chi connectivity index (χ2v) is 16.0. The lowest BCUT2D eigenvalue weighted by Gasteiger charge is -2.32. The maximum Gasteiger partial charge on any atom is 0.333 e. The van der Waals surface area contributed by atoms with E-state index in [0.717, 1.165) is 18.3 Å². The van der Waals surface area contributed by atoms with Gasteiger partial charge >= 0.3 is 6.55 Å². The number of nitriles is 2. The standard InChI is InChI=1S/C28H26ClF3N8O4S3/c29-21-15-18(30)5-6-20(21)25-24(22-7-11-39(37-22)28(31)32)23-16-19(17-38(23)26(36-25)27-35-10-12-45-27)40(46(41,42)13-3-1-8-33)47(43,44)14-4-2-9-34/h5-7,10-12,15,19,25,28H,1-4,13-14,16-17H2/t19-,25-/m0/s1. The average Bonchev–Trinajstić information content (AvgIpc) is 3.78. The molecule has 0 radical (unpaired) electrons. The molecule has 47 heavy (non-hydrogen) atoms. The summed E-state index contributed by atoms with van der Waals surface area (Å²) in [6.07, 6.45) is 1.88. The Hall–Kier alpha value is -3.81. The van der Waals surface area contributed by atoms with Crippen molar-refractivity contribution in [1.82, 2.24) is 23.4 Å². The van der Waals surface area contributed by atoms with Gasteiger partial charge in [0.1, 0.15) is 11.9 Å². The van der Waals surface area contributed by atoms with Crippen molar-refractivity contribution in [2.75, 3.05) is 18.1 Å². The number of hydrogen-bond acceptors (Lipinski definition) is 11. The van der Waals surface area contributed by atoms with Gasteiger partial charge in [0, 0.05) is 65.4 Å². The largest absolute Gasteiger partial charge is 0.333 e. The first kappa shape index (κ1) is 34.5. The summed E-state index contributed by atoms with van der Waals surface area (Å²) in [5.41, 5.74) is 0.914. The van der Waals surface area contributed by atoms with Gasteiger partial charge in [0.15, 0.2) is 10.8 Å². The lowest BCUT2D eigenvalue weighted by atomic mass is 9.92. The van der Waals surface area contributed by atoms with Gasteiger partial charge in [-0.3, -0.25) is 4.99 Å².